The van der Waals surface area contributed by atoms with Gasteiger partial charge in [-0.05, 0) is 33.1 Å². The molecule has 0 amide bonds. The van der Waals surface area contributed by atoms with E-state index in [-0.39, 0.29) is 44.7 Å². The smallest absolute Gasteiger partial charge is 0.323 e. The molecule has 0 aliphatic heterocycles. The van der Waals surface area contributed by atoms with Crippen LogP contribution in [0.4, 0.5) is 0 Å². The molecule has 1 atom stereocenters. The SMILES string of the molecule is CCOC(=O)C1(C(=O)OCC)CCC(=O)C(O)CC1. The average Bonchev–Trinajstić information content (AvgIpc) is 2.52. The van der Waals surface area contributed by atoms with Crippen molar-refractivity contribution < 1.29 is 29.0 Å². The molecule has 1 rings (SSSR count). The summed E-state index contributed by atoms with van der Waals surface area (Å²) in [6.07, 6.45) is -0.987. The number of carbonyl (C=O) groups is 3. The first-order valence-corrected chi connectivity index (χ1v) is 6.53. The zero-order chi connectivity index (χ0) is 14.5. The van der Waals surface area contributed by atoms with Crippen molar-refractivity contribution in [2.75, 3.05) is 13.2 Å². The largest absolute Gasteiger partial charge is 0.465 e. The fourth-order valence-corrected chi connectivity index (χ4v) is 2.20. The van der Waals surface area contributed by atoms with Crippen LogP contribution in [0.15, 0.2) is 0 Å². The third-order valence-electron chi connectivity index (χ3n) is 3.35. The first-order valence-electron chi connectivity index (χ1n) is 6.53. The number of Topliss-reactive ketones (excluding diaryl/α,β-unsaturated/α-hetero) is 1. The van der Waals surface area contributed by atoms with Gasteiger partial charge in [0.2, 0.25) is 0 Å². The van der Waals surface area contributed by atoms with E-state index in [2.05, 4.69) is 0 Å². The molecule has 0 bridgehead atoms. The first kappa shape index (κ1) is 15.6. The Balaban J connectivity index is 3.01. The summed E-state index contributed by atoms with van der Waals surface area (Å²) in [6.45, 7) is 3.59. The molecule has 108 valence electrons. The van der Waals surface area contributed by atoms with Gasteiger partial charge in [-0.1, -0.05) is 0 Å². The van der Waals surface area contributed by atoms with Crippen LogP contribution in [0.25, 0.3) is 0 Å². The van der Waals surface area contributed by atoms with Crippen LogP contribution < -0.4 is 0 Å². The highest BCUT2D eigenvalue weighted by atomic mass is 16.6. The predicted molar refractivity (Wildman–Crippen MR) is 65.2 cm³/mol. The van der Waals surface area contributed by atoms with E-state index in [4.69, 9.17) is 9.47 Å². The molecule has 1 saturated carbocycles. The summed E-state index contributed by atoms with van der Waals surface area (Å²) >= 11 is 0. The van der Waals surface area contributed by atoms with E-state index < -0.39 is 23.5 Å². The van der Waals surface area contributed by atoms with E-state index in [1.807, 2.05) is 0 Å². The highest BCUT2D eigenvalue weighted by Crippen LogP contribution is 2.37. The van der Waals surface area contributed by atoms with E-state index in [1.54, 1.807) is 13.8 Å². The fourth-order valence-electron chi connectivity index (χ4n) is 2.20. The van der Waals surface area contributed by atoms with Gasteiger partial charge in [0.05, 0.1) is 13.2 Å². The van der Waals surface area contributed by atoms with Crippen LogP contribution in [0, 0.1) is 5.41 Å². The van der Waals surface area contributed by atoms with Crippen LogP contribution >= 0.6 is 0 Å². The Hall–Kier alpha value is -1.43. The minimum Gasteiger partial charge on any atom is -0.465 e. The first-order chi connectivity index (χ1) is 8.97. The van der Waals surface area contributed by atoms with Crippen molar-refractivity contribution in [1.82, 2.24) is 0 Å². The maximum Gasteiger partial charge on any atom is 0.323 e. The van der Waals surface area contributed by atoms with Gasteiger partial charge in [-0.2, -0.15) is 0 Å². The standard InChI is InChI=1S/C13H20O6/c1-3-18-11(16)13(12(17)19-4-2)7-5-9(14)10(15)6-8-13/h9,14H,3-8H2,1-2H3. The fraction of sp³-hybridized carbons (Fsp3) is 0.769. The number of rotatable bonds is 4. The van der Waals surface area contributed by atoms with E-state index in [1.165, 1.54) is 0 Å². The van der Waals surface area contributed by atoms with Crippen molar-refractivity contribution in [3.63, 3.8) is 0 Å². The molecular formula is C13H20O6. The molecule has 19 heavy (non-hydrogen) atoms. The molecule has 6 heteroatoms. The number of aliphatic hydroxyl groups is 1. The number of hydrogen-bond acceptors (Lipinski definition) is 6. The number of hydrogen-bond donors (Lipinski definition) is 1. The molecule has 1 N–H and O–H groups in total. The third-order valence-corrected chi connectivity index (χ3v) is 3.35. The summed E-state index contributed by atoms with van der Waals surface area (Å²) in [4.78, 5) is 35.7. The maximum atomic E-state index is 12.1. The maximum absolute atomic E-state index is 12.1. The Kier molecular flexibility index (Phi) is 5.47. The molecule has 0 spiro atoms. The van der Waals surface area contributed by atoms with E-state index in [9.17, 15) is 19.5 Å². The highest BCUT2D eigenvalue weighted by molar-refractivity contribution is 6.01. The molecule has 1 aliphatic carbocycles. The number of carbonyl (C=O) groups excluding carboxylic acids is 3. The van der Waals surface area contributed by atoms with Gasteiger partial charge in [0, 0.05) is 6.42 Å². The summed E-state index contributed by atoms with van der Waals surface area (Å²) in [6, 6.07) is 0. The molecule has 0 radical (unpaired) electrons. The van der Waals surface area contributed by atoms with Crippen LogP contribution in [0.5, 0.6) is 0 Å². The molecule has 0 heterocycles. The molecule has 1 unspecified atom stereocenters. The Morgan fingerprint density at radius 1 is 1.21 bits per heavy atom. The van der Waals surface area contributed by atoms with E-state index >= 15 is 0 Å². The van der Waals surface area contributed by atoms with Crippen molar-refractivity contribution in [2.45, 2.75) is 45.6 Å². The normalized spacial score (nSPS) is 22.5. The van der Waals surface area contributed by atoms with Crippen LogP contribution in [0.1, 0.15) is 39.5 Å². The van der Waals surface area contributed by atoms with Gasteiger partial charge < -0.3 is 14.6 Å². The van der Waals surface area contributed by atoms with Crippen LogP contribution in [-0.2, 0) is 23.9 Å². The topological polar surface area (TPSA) is 89.9 Å². The Labute approximate surface area is 112 Å². The quantitative estimate of drug-likeness (QED) is 0.458. The molecule has 0 aromatic heterocycles. The summed E-state index contributed by atoms with van der Waals surface area (Å²) < 4.78 is 9.89. The van der Waals surface area contributed by atoms with Crippen molar-refractivity contribution in [3.05, 3.63) is 0 Å². The van der Waals surface area contributed by atoms with Crippen molar-refractivity contribution in [2.24, 2.45) is 5.41 Å². The molecule has 0 saturated heterocycles. The second kappa shape index (κ2) is 6.65. The van der Waals surface area contributed by atoms with Gasteiger partial charge in [0.25, 0.3) is 0 Å². The van der Waals surface area contributed by atoms with Crippen molar-refractivity contribution in [1.29, 1.82) is 0 Å². The highest BCUT2D eigenvalue weighted by Gasteiger charge is 2.50. The summed E-state index contributed by atoms with van der Waals surface area (Å²) in [5, 5.41) is 9.56. The van der Waals surface area contributed by atoms with Gasteiger partial charge >= 0.3 is 11.9 Å². The number of ketones is 1. The molecule has 6 nitrogen and oxygen atoms in total. The lowest BCUT2D eigenvalue weighted by Crippen LogP contribution is -2.42. The second-order valence-electron chi connectivity index (χ2n) is 4.54. The van der Waals surface area contributed by atoms with Crippen LogP contribution in [-0.4, -0.2) is 42.1 Å². The average molecular weight is 272 g/mol. The Bertz CT molecular complexity index is 344. The lowest BCUT2D eigenvalue weighted by Gasteiger charge is -2.27. The number of aliphatic hydroxyl groups excluding tert-OH is 1. The second-order valence-corrected chi connectivity index (χ2v) is 4.54. The monoisotopic (exact) mass is 272 g/mol. The van der Waals surface area contributed by atoms with E-state index in [0.717, 1.165) is 0 Å². The van der Waals surface area contributed by atoms with Gasteiger partial charge in [0.15, 0.2) is 11.2 Å². The van der Waals surface area contributed by atoms with Gasteiger partial charge in [-0.15, -0.1) is 0 Å². The summed E-state index contributed by atoms with van der Waals surface area (Å²) in [7, 11) is 0. The van der Waals surface area contributed by atoms with Gasteiger partial charge in [-0.3, -0.25) is 14.4 Å². The molecule has 0 aromatic rings. The zero-order valence-electron chi connectivity index (χ0n) is 11.3. The van der Waals surface area contributed by atoms with Gasteiger partial charge in [0.1, 0.15) is 6.10 Å². The third kappa shape index (κ3) is 3.32. The molecular weight excluding hydrogens is 252 g/mol. The van der Waals surface area contributed by atoms with E-state index in [0.29, 0.717) is 0 Å². The summed E-state index contributed by atoms with van der Waals surface area (Å²) in [5.74, 6) is -1.69. The van der Waals surface area contributed by atoms with Gasteiger partial charge in [-0.25, -0.2) is 0 Å². The van der Waals surface area contributed by atoms with Crippen LogP contribution in [0.2, 0.25) is 0 Å². The molecule has 0 aromatic carbocycles. The Morgan fingerprint density at radius 2 is 1.74 bits per heavy atom. The lowest BCUT2D eigenvalue weighted by atomic mass is 9.80. The molecule has 1 aliphatic rings. The minimum absolute atomic E-state index is 0.0283. The molecule has 1 fully saturated rings. The van der Waals surface area contributed by atoms with Crippen molar-refractivity contribution in [3.8, 4) is 0 Å². The number of ether oxygens (including phenoxy) is 2. The Morgan fingerprint density at radius 3 is 2.21 bits per heavy atom. The van der Waals surface area contributed by atoms with Crippen LogP contribution in [0.3, 0.4) is 0 Å². The predicted octanol–water partition coefficient (Wildman–Crippen LogP) is 0.603. The minimum atomic E-state index is -1.46. The lowest BCUT2D eigenvalue weighted by molar-refractivity contribution is -0.173. The summed E-state index contributed by atoms with van der Waals surface area (Å²) in [5.41, 5.74) is -1.46. The zero-order valence-corrected chi connectivity index (χ0v) is 11.3. The number of esters is 2. The van der Waals surface area contributed by atoms with Crippen molar-refractivity contribution >= 4 is 17.7 Å².